The summed E-state index contributed by atoms with van der Waals surface area (Å²) in [5.74, 6) is 0. The zero-order valence-corrected chi connectivity index (χ0v) is 13.0. The van der Waals surface area contributed by atoms with Gasteiger partial charge in [0.25, 0.3) is 0 Å². The fourth-order valence-electron chi connectivity index (χ4n) is 1.88. The van der Waals surface area contributed by atoms with Crippen LogP contribution in [0.2, 0.25) is 0 Å². The second-order valence-corrected chi connectivity index (χ2v) is 7.60. The van der Waals surface area contributed by atoms with Crippen molar-refractivity contribution >= 4 is 21.4 Å². The van der Waals surface area contributed by atoms with Crippen LogP contribution in [0.1, 0.15) is 10.4 Å². The van der Waals surface area contributed by atoms with Crippen molar-refractivity contribution in [3.8, 4) is 0 Å². The van der Waals surface area contributed by atoms with E-state index < -0.39 is 10.0 Å². The van der Waals surface area contributed by atoms with Crippen molar-refractivity contribution in [2.24, 2.45) is 5.73 Å². The van der Waals surface area contributed by atoms with Crippen molar-refractivity contribution in [1.82, 2.24) is 4.31 Å². The second kappa shape index (κ2) is 6.49. The van der Waals surface area contributed by atoms with Crippen molar-refractivity contribution in [1.29, 1.82) is 0 Å². The summed E-state index contributed by atoms with van der Waals surface area (Å²) in [6.07, 6.45) is 0.755. The van der Waals surface area contributed by atoms with E-state index in [1.54, 1.807) is 30.5 Å². The Labute approximate surface area is 123 Å². The topological polar surface area (TPSA) is 63.4 Å². The molecule has 2 rings (SSSR count). The van der Waals surface area contributed by atoms with Gasteiger partial charge in [0, 0.05) is 18.5 Å². The number of nitrogens with two attached hydrogens (primary N) is 1. The smallest absolute Gasteiger partial charge is 0.243 e. The first kappa shape index (κ1) is 15.2. The van der Waals surface area contributed by atoms with Gasteiger partial charge in [-0.2, -0.15) is 4.31 Å². The molecule has 0 bridgehead atoms. The van der Waals surface area contributed by atoms with E-state index in [0.717, 1.165) is 16.9 Å². The van der Waals surface area contributed by atoms with Gasteiger partial charge in [0.05, 0.1) is 4.90 Å². The van der Waals surface area contributed by atoms with Crippen molar-refractivity contribution in [3.63, 3.8) is 0 Å². The molecule has 0 unspecified atom stereocenters. The van der Waals surface area contributed by atoms with Gasteiger partial charge >= 0.3 is 0 Å². The minimum Gasteiger partial charge on any atom is -0.330 e. The summed E-state index contributed by atoms with van der Waals surface area (Å²) < 4.78 is 26.2. The molecule has 0 fully saturated rings. The van der Waals surface area contributed by atoms with E-state index in [-0.39, 0.29) is 0 Å². The molecule has 1 aromatic carbocycles. The van der Waals surface area contributed by atoms with Crippen LogP contribution in [0, 0.1) is 0 Å². The summed E-state index contributed by atoms with van der Waals surface area (Å²) >= 11 is 1.55. The van der Waals surface area contributed by atoms with E-state index in [1.807, 2.05) is 29.6 Å². The first-order valence-electron chi connectivity index (χ1n) is 6.32. The van der Waals surface area contributed by atoms with E-state index in [0.29, 0.717) is 18.0 Å². The van der Waals surface area contributed by atoms with Gasteiger partial charge in [0.2, 0.25) is 10.0 Å². The highest BCUT2D eigenvalue weighted by Gasteiger charge is 2.20. The van der Waals surface area contributed by atoms with Crippen LogP contribution >= 0.6 is 11.3 Å². The van der Waals surface area contributed by atoms with Crippen LogP contribution in [0.25, 0.3) is 0 Å². The molecule has 20 heavy (non-hydrogen) atoms. The first-order valence-corrected chi connectivity index (χ1v) is 8.64. The molecule has 4 nitrogen and oxygen atoms in total. The molecule has 0 aliphatic heterocycles. The SMILES string of the molecule is CN(Cc1cccs1)S(=O)(=O)c1ccc(CCN)cc1. The third-order valence-corrected chi connectivity index (χ3v) is 5.70. The molecule has 1 aromatic heterocycles. The van der Waals surface area contributed by atoms with E-state index in [1.165, 1.54) is 4.31 Å². The number of sulfonamides is 1. The van der Waals surface area contributed by atoms with Gasteiger partial charge in [-0.1, -0.05) is 18.2 Å². The number of thiophene rings is 1. The molecule has 0 spiro atoms. The van der Waals surface area contributed by atoms with E-state index in [9.17, 15) is 8.42 Å². The number of benzene rings is 1. The largest absolute Gasteiger partial charge is 0.330 e. The minimum atomic E-state index is -3.44. The van der Waals surface area contributed by atoms with Crippen LogP contribution in [0.5, 0.6) is 0 Å². The molecule has 6 heteroatoms. The van der Waals surface area contributed by atoms with Gasteiger partial charge in [-0.05, 0) is 42.1 Å². The normalized spacial score (nSPS) is 11.9. The molecular formula is C14H18N2O2S2. The molecule has 2 N–H and O–H groups in total. The van der Waals surface area contributed by atoms with E-state index in [4.69, 9.17) is 5.73 Å². The Kier molecular flexibility index (Phi) is 4.93. The fraction of sp³-hybridized carbons (Fsp3) is 0.286. The predicted molar refractivity (Wildman–Crippen MR) is 82.2 cm³/mol. The lowest BCUT2D eigenvalue weighted by atomic mass is 10.2. The highest BCUT2D eigenvalue weighted by atomic mass is 32.2. The number of rotatable bonds is 6. The third kappa shape index (κ3) is 3.46. The predicted octanol–water partition coefficient (Wildman–Crippen LogP) is 2.07. The molecule has 0 aliphatic carbocycles. The molecule has 0 radical (unpaired) electrons. The van der Waals surface area contributed by atoms with Gasteiger partial charge in [0.1, 0.15) is 0 Å². The quantitative estimate of drug-likeness (QED) is 0.888. The number of nitrogens with zero attached hydrogens (tertiary/aromatic N) is 1. The van der Waals surface area contributed by atoms with E-state index >= 15 is 0 Å². The minimum absolute atomic E-state index is 0.317. The zero-order valence-electron chi connectivity index (χ0n) is 11.3. The Balaban J connectivity index is 2.16. The van der Waals surface area contributed by atoms with Gasteiger partial charge < -0.3 is 5.73 Å². The second-order valence-electron chi connectivity index (χ2n) is 4.52. The Hall–Kier alpha value is -1.21. The summed E-state index contributed by atoms with van der Waals surface area (Å²) in [5.41, 5.74) is 6.53. The fourth-order valence-corrected chi connectivity index (χ4v) is 3.87. The lowest BCUT2D eigenvalue weighted by Gasteiger charge is -2.16. The number of hydrogen-bond acceptors (Lipinski definition) is 4. The Morgan fingerprint density at radius 2 is 1.90 bits per heavy atom. The van der Waals surface area contributed by atoms with Gasteiger partial charge in [-0.25, -0.2) is 8.42 Å². The van der Waals surface area contributed by atoms with Gasteiger partial charge in [0.15, 0.2) is 0 Å². The van der Waals surface area contributed by atoms with Crippen molar-refractivity contribution in [3.05, 3.63) is 52.2 Å². The van der Waals surface area contributed by atoms with Gasteiger partial charge in [-0.3, -0.25) is 0 Å². The Morgan fingerprint density at radius 3 is 2.45 bits per heavy atom. The maximum atomic E-state index is 12.4. The third-order valence-electron chi connectivity index (χ3n) is 3.02. The molecule has 0 amide bonds. The summed E-state index contributed by atoms with van der Waals surface area (Å²) in [5, 5.41) is 1.94. The Morgan fingerprint density at radius 1 is 1.20 bits per heavy atom. The maximum absolute atomic E-state index is 12.4. The van der Waals surface area contributed by atoms with E-state index in [2.05, 4.69) is 0 Å². The summed E-state index contributed by atoms with van der Waals surface area (Å²) in [4.78, 5) is 1.34. The monoisotopic (exact) mass is 310 g/mol. The zero-order chi connectivity index (χ0) is 14.6. The molecule has 0 saturated heterocycles. The van der Waals surface area contributed by atoms with Gasteiger partial charge in [-0.15, -0.1) is 11.3 Å². The standard InChI is InChI=1S/C14H18N2O2S2/c1-16(11-13-3-2-10-19-13)20(17,18)14-6-4-12(5-7-14)8-9-15/h2-7,10H,8-9,11,15H2,1H3. The summed E-state index contributed by atoms with van der Waals surface area (Å²) in [6, 6.07) is 10.8. The van der Waals surface area contributed by atoms with Crippen LogP contribution in [0.4, 0.5) is 0 Å². The van der Waals surface area contributed by atoms with Crippen LogP contribution in [0.3, 0.4) is 0 Å². The van der Waals surface area contributed by atoms with Crippen molar-refractivity contribution in [2.45, 2.75) is 17.9 Å². The molecule has 0 saturated carbocycles. The van der Waals surface area contributed by atoms with Crippen LogP contribution in [-0.2, 0) is 23.0 Å². The van der Waals surface area contributed by atoms with Crippen LogP contribution in [-0.4, -0.2) is 26.3 Å². The van der Waals surface area contributed by atoms with Crippen LogP contribution < -0.4 is 5.73 Å². The molecular weight excluding hydrogens is 292 g/mol. The highest BCUT2D eigenvalue weighted by molar-refractivity contribution is 7.89. The molecule has 2 aromatic rings. The molecule has 0 aliphatic rings. The lowest BCUT2D eigenvalue weighted by molar-refractivity contribution is 0.469. The highest BCUT2D eigenvalue weighted by Crippen LogP contribution is 2.19. The number of hydrogen-bond donors (Lipinski definition) is 1. The lowest BCUT2D eigenvalue weighted by Crippen LogP contribution is -2.26. The van der Waals surface area contributed by atoms with Crippen LogP contribution in [0.15, 0.2) is 46.7 Å². The first-order chi connectivity index (χ1) is 9.54. The van der Waals surface area contributed by atoms with Crippen molar-refractivity contribution in [2.75, 3.05) is 13.6 Å². The molecule has 1 heterocycles. The summed E-state index contributed by atoms with van der Waals surface area (Å²) in [6.45, 7) is 0.953. The maximum Gasteiger partial charge on any atom is 0.243 e. The molecule has 0 atom stereocenters. The average molecular weight is 310 g/mol. The summed E-state index contributed by atoms with van der Waals surface area (Å²) in [7, 11) is -1.84. The Bertz CT molecular complexity index is 634. The average Bonchev–Trinajstić information content (AvgIpc) is 2.92. The molecule has 108 valence electrons. The van der Waals surface area contributed by atoms with Crippen molar-refractivity contribution < 1.29 is 8.42 Å².